The highest BCUT2D eigenvalue weighted by molar-refractivity contribution is 5.54. The minimum atomic E-state index is -0.617. The van der Waals surface area contributed by atoms with Crippen LogP contribution in [0.25, 0.3) is 0 Å². The fourth-order valence-electron chi connectivity index (χ4n) is 1.54. The maximum absolute atomic E-state index is 10.6. The normalized spacial score (nSPS) is 14.3. The van der Waals surface area contributed by atoms with Crippen molar-refractivity contribution in [2.45, 2.75) is 18.9 Å². The van der Waals surface area contributed by atoms with Gasteiger partial charge in [-0.1, -0.05) is 18.2 Å². The van der Waals surface area contributed by atoms with Crippen molar-refractivity contribution < 1.29 is 14.3 Å². The van der Waals surface area contributed by atoms with Crippen LogP contribution in [-0.2, 0) is 15.1 Å². The predicted molar refractivity (Wildman–Crippen MR) is 58.0 cm³/mol. The van der Waals surface area contributed by atoms with Gasteiger partial charge in [-0.2, -0.15) is 0 Å². The van der Waals surface area contributed by atoms with E-state index in [1.54, 1.807) is 14.2 Å². The zero-order chi connectivity index (χ0) is 11.3. The van der Waals surface area contributed by atoms with Gasteiger partial charge in [0.1, 0.15) is 17.6 Å². The van der Waals surface area contributed by atoms with Crippen molar-refractivity contribution in [3.63, 3.8) is 0 Å². The Morgan fingerprint density at radius 3 is 2.53 bits per heavy atom. The second kappa shape index (κ2) is 4.94. The Bertz CT molecular complexity index is 335. The molecule has 1 aromatic rings. The molecule has 82 valence electrons. The first-order chi connectivity index (χ1) is 7.18. The largest absolute Gasteiger partial charge is 0.496 e. The van der Waals surface area contributed by atoms with Gasteiger partial charge in [0.2, 0.25) is 0 Å². The molecule has 1 unspecified atom stereocenters. The minimum absolute atomic E-state index is 0.309. The maximum Gasteiger partial charge on any atom is 0.124 e. The Morgan fingerprint density at radius 2 is 2.00 bits per heavy atom. The van der Waals surface area contributed by atoms with Crippen molar-refractivity contribution in [1.29, 1.82) is 0 Å². The molecule has 0 aromatic heterocycles. The fourth-order valence-corrected chi connectivity index (χ4v) is 1.54. The Kier molecular flexibility index (Phi) is 3.86. The number of para-hydroxylation sites is 1. The third-order valence-corrected chi connectivity index (χ3v) is 2.60. The van der Waals surface area contributed by atoms with Gasteiger partial charge in [-0.15, -0.1) is 0 Å². The number of aldehydes is 1. The summed E-state index contributed by atoms with van der Waals surface area (Å²) in [5, 5.41) is 0. The smallest absolute Gasteiger partial charge is 0.124 e. The Morgan fingerprint density at radius 1 is 1.33 bits per heavy atom. The molecule has 0 bridgehead atoms. The highest BCUT2D eigenvalue weighted by Crippen LogP contribution is 2.34. The number of rotatable bonds is 5. The Balaban J connectivity index is 3.15. The van der Waals surface area contributed by atoms with E-state index in [4.69, 9.17) is 9.47 Å². The average Bonchev–Trinajstić information content (AvgIpc) is 2.29. The molecule has 0 aliphatic rings. The van der Waals surface area contributed by atoms with Crippen LogP contribution in [0.15, 0.2) is 24.3 Å². The highest BCUT2D eigenvalue weighted by Gasteiger charge is 2.28. The standard InChI is InChI=1S/C12H16O3/c1-12(15-3,8-9-13)10-6-4-5-7-11(10)14-2/h4-7,9H,8H2,1-3H3. The summed E-state index contributed by atoms with van der Waals surface area (Å²) < 4.78 is 10.6. The lowest BCUT2D eigenvalue weighted by molar-refractivity contribution is -0.113. The zero-order valence-electron chi connectivity index (χ0n) is 9.32. The summed E-state index contributed by atoms with van der Waals surface area (Å²) in [6.45, 7) is 1.87. The molecule has 0 radical (unpaired) electrons. The Hall–Kier alpha value is -1.35. The fraction of sp³-hybridized carbons (Fsp3) is 0.417. The van der Waals surface area contributed by atoms with Gasteiger partial charge in [0.05, 0.1) is 7.11 Å². The third kappa shape index (κ3) is 2.36. The van der Waals surface area contributed by atoms with E-state index in [0.29, 0.717) is 6.42 Å². The summed E-state index contributed by atoms with van der Waals surface area (Å²) in [4.78, 5) is 10.6. The first kappa shape index (κ1) is 11.7. The van der Waals surface area contributed by atoms with Gasteiger partial charge in [0.25, 0.3) is 0 Å². The van der Waals surface area contributed by atoms with Crippen molar-refractivity contribution in [2.75, 3.05) is 14.2 Å². The van der Waals surface area contributed by atoms with Crippen LogP contribution in [0.5, 0.6) is 5.75 Å². The first-order valence-corrected chi connectivity index (χ1v) is 4.80. The summed E-state index contributed by atoms with van der Waals surface area (Å²) in [6.07, 6.45) is 1.17. The van der Waals surface area contributed by atoms with Gasteiger partial charge in [0.15, 0.2) is 0 Å². The van der Waals surface area contributed by atoms with E-state index >= 15 is 0 Å². The molecule has 0 aliphatic carbocycles. The molecule has 0 heterocycles. The lowest BCUT2D eigenvalue weighted by Crippen LogP contribution is -2.25. The molecule has 1 aromatic carbocycles. The summed E-state index contributed by atoms with van der Waals surface area (Å²) in [5.74, 6) is 0.740. The van der Waals surface area contributed by atoms with Gasteiger partial charge in [-0.3, -0.25) is 0 Å². The van der Waals surface area contributed by atoms with Crippen LogP contribution in [-0.4, -0.2) is 20.5 Å². The van der Waals surface area contributed by atoms with Crippen LogP contribution < -0.4 is 4.74 Å². The summed E-state index contributed by atoms with van der Waals surface area (Å²) in [5.41, 5.74) is 0.274. The third-order valence-electron chi connectivity index (χ3n) is 2.60. The number of benzene rings is 1. The molecule has 1 atom stereocenters. The molecular formula is C12H16O3. The zero-order valence-corrected chi connectivity index (χ0v) is 9.32. The van der Waals surface area contributed by atoms with Crippen LogP contribution >= 0.6 is 0 Å². The quantitative estimate of drug-likeness (QED) is 0.695. The molecule has 0 N–H and O–H groups in total. The van der Waals surface area contributed by atoms with E-state index in [1.165, 1.54) is 0 Å². The van der Waals surface area contributed by atoms with E-state index in [0.717, 1.165) is 17.6 Å². The topological polar surface area (TPSA) is 35.5 Å². The van der Waals surface area contributed by atoms with Gasteiger partial charge < -0.3 is 14.3 Å². The van der Waals surface area contributed by atoms with E-state index < -0.39 is 5.60 Å². The van der Waals surface area contributed by atoms with Crippen molar-refractivity contribution in [3.8, 4) is 5.75 Å². The average molecular weight is 208 g/mol. The number of ether oxygens (including phenoxy) is 2. The number of methoxy groups -OCH3 is 2. The van der Waals surface area contributed by atoms with Crippen LogP contribution in [0.1, 0.15) is 18.9 Å². The minimum Gasteiger partial charge on any atom is -0.496 e. The second-order valence-electron chi connectivity index (χ2n) is 3.51. The summed E-state index contributed by atoms with van der Waals surface area (Å²) in [6, 6.07) is 7.56. The van der Waals surface area contributed by atoms with Gasteiger partial charge >= 0.3 is 0 Å². The van der Waals surface area contributed by atoms with Crippen LogP contribution in [0.2, 0.25) is 0 Å². The molecule has 3 heteroatoms. The lowest BCUT2D eigenvalue weighted by Gasteiger charge is -2.28. The molecule has 0 fully saturated rings. The van der Waals surface area contributed by atoms with Gasteiger partial charge in [-0.05, 0) is 13.0 Å². The summed E-state index contributed by atoms with van der Waals surface area (Å²) in [7, 11) is 3.20. The maximum atomic E-state index is 10.6. The van der Waals surface area contributed by atoms with Crippen molar-refractivity contribution in [3.05, 3.63) is 29.8 Å². The molecule has 0 aliphatic heterocycles. The van der Waals surface area contributed by atoms with E-state index in [9.17, 15) is 4.79 Å². The van der Waals surface area contributed by atoms with E-state index in [1.807, 2.05) is 31.2 Å². The number of hydrogen-bond donors (Lipinski definition) is 0. The molecule has 3 nitrogen and oxygen atoms in total. The van der Waals surface area contributed by atoms with Crippen LogP contribution in [0.3, 0.4) is 0 Å². The Labute approximate surface area is 90.0 Å². The van der Waals surface area contributed by atoms with E-state index in [2.05, 4.69) is 0 Å². The highest BCUT2D eigenvalue weighted by atomic mass is 16.5. The van der Waals surface area contributed by atoms with E-state index in [-0.39, 0.29) is 0 Å². The SMILES string of the molecule is COc1ccccc1C(C)(CC=O)OC. The summed E-state index contributed by atoms with van der Waals surface area (Å²) >= 11 is 0. The number of carbonyl (C=O) groups excluding carboxylic acids is 1. The first-order valence-electron chi connectivity index (χ1n) is 4.80. The van der Waals surface area contributed by atoms with Gasteiger partial charge in [-0.25, -0.2) is 0 Å². The molecule has 15 heavy (non-hydrogen) atoms. The molecule has 0 saturated heterocycles. The monoisotopic (exact) mass is 208 g/mol. The number of hydrogen-bond acceptors (Lipinski definition) is 3. The molecule has 0 amide bonds. The molecular weight excluding hydrogens is 192 g/mol. The van der Waals surface area contributed by atoms with Crippen molar-refractivity contribution in [1.82, 2.24) is 0 Å². The molecule has 0 saturated carbocycles. The molecule has 0 spiro atoms. The second-order valence-corrected chi connectivity index (χ2v) is 3.51. The lowest BCUT2D eigenvalue weighted by atomic mass is 9.92. The van der Waals surface area contributed by atoms with Crippen LogP contribution in [0, 0.1) is 0 Å². The molecule has 1 rings (SSSR count). The number of carbonyl (C=O) groups is 1. The van der Waals surface area contributed by atoms with Crippen LogP contribution in [0.4, 0.5) is 0 Å². The van der Waals surface area contributed by atoms with Gasteiger partial charge in [0, 0.05) is 19.1 Å². The van der Waals surface area contributed by atoms with Crippen molar-refractivity contribution in [2.24, 2.45) is 0 Å². The predicted octanol–water partition coefficient (Wildman–Crippen LogP) is 2.15. The van der Waals surface area contributed by atoms with Crippen molar-refractivity contribution >= 4 is 6.29 Å².